The van der Waals surface area contributed by atoms with E-state index in [0.29, 0.717) is 12.0 Å². The topological polar surface area (TPSA) is 87.9 Å². The van der Waals surface area contributed by atoms with Crippen molar-refractivity contribution in [3.05, 3.63) is 36.7 Å². The second-order valence-electron chi connectivity index (χ2n) is 8.84. The van der Waals surface area contributed by atoms with Crippen LogP contribution in [-0.2, 0) is 0 Å². The summed E-state index contributed by atoms with van der Waals surface area (Å²) >= 11 is 0. The predicted octanol–water partition coefficient (Wildman–Crippen LogP) is 3.62. The summed E-state index contributed by atoms with van der Waals surface area (Å²) < 4.78 is 1.90. The van der Waals surface area contributed by atoms with Crippen molar-refractivity contribution in [2.24, 2.45) is 0 Å². The zero-order valence-electron chi connectivity index (χ0n) is 19.0. The summed E-state index contributed by atoms with van der Waals surface area (Å²) in [4.78, 5) is 18.8. The molecule has 1 aromatic carbocycles. The number of aromatic nitrogens is 6. The fraction of sp³-hybridized carbons (Fsp3) is 0.435. The van der Waals surface area contributed by atoms with Crippen molar-refractivity contribution in [2.75, 3.05) is 36.4 Å². The Hall–Kier alpha value is -3.33. The van der Waals surface area contributed by atoms with Crippen LogP contribution in [-0.4, -0.2) is 67.1 Å². The van der Waals surface area contributed by atoms with E-state index in [1.54, 1.807) is 0 Å². The van der Waals surface area contributed by atoms with Gasteiger partial charge in [-0.3, -0.25) is 4.90 Å². The Morgan fingerprint density at radius 1 is 0.875 bits per heavy atom. The average Bonchev–Trinajstić information content (AvgIpc) is 3.25. The third-order valence-electron chi connectivity index (χ3n) is 6.07. The van der Waals surface area contributed by atoms with Crippen molar-refractivity contribution in [3.8, 4) is 0 Å². The molecule has 3 aromatic heterocycles. The van der Waals surface area contributed by atoms with E-state index in [9.17, 15) is 0 Å². The number of benzene rings is 1. The Balaban J connectivity index is 1.36. The maximum atomic E-state index is 4.77. The van der Waals surface area contributed by atoms with Gasteiger partial charge in [-0.05, 0) is 52.0 Å². The quantitative estimate of drug-likeness (QED) is 0.513. The van der Waals surface area contributed by atoms with E-state index in [4.69, 9.17) is 4.98 Å². The molecular weight excluding hydrogens is 402 g/mol. The van der Waals surface area contributed by atoms with Gasteiger partial charge in [0.2, 0.25) is 5.95 Å². The number of hydrogen-bond acceptors (Lipinski definition) is 8. The molecule has 9 heteroatoms. The number of rotatable bonds is 5. The van der Waals surface area contributed by atoms with Gasteiger partial charge >= 0.3 is 0 Å². The molecular formula is C23H29N9. The maximum Gasteiger partial charge on any atom is 0.228 e. The van der Waals surface area contributed by atoms with Crippen molar-refractivity contribution in [1.82, 2.24) is 34.8 Å². The number of nitrogens with zero attached hydrogens (tertiary/aromatic N) is 8. The molecule has 0 radical (unpaired) electrons. The normalized spacial score (nSPS) is 15.4. The van der Waals surface area contributed by atoms with Gasteiger partial charge in [-0.1, -0.05) is 5.21 Å². The standard InChI is InChI=1S/C23H29N9/c1-15(2)30-9-11-31(12-10-30)18-6-8-20(24-14-18)26-23-25-13-17-5-7-19-22(21(17)27-23)32(16(3)4)29-28-19/h5-8,13-16H,9-12H2,1-4H3,(H,24,25,26,27). The average molecular weight is 432 g/mol. The number of anilines is 3. The Morgan fingerprint density at radius 3 is 2.38 bits per heavy atom. The van der Waals surface area contributed by atoms with Gasteiger partial charge in [0.25, 0.3) is 0 Å². The van der Waals surface area contributed by atoms with Crippen molar-refractivity contribution in [3.63, 3.8) is 0 Å². The van der Waals surface area contributed by atoms with Crippen LogP contribution in [0.3, 0.4) is 0 Å². The molecule has 1 saturated heterocycles. The Labute approximate surface area is 187 Å². The molecule has 1 aliphatic heterocycles. The first-order valence-electron chi connectivity index (χ1n) is 11.2. The lowest BCUT2D eigenvalue weighted by Crippen LogP contribution is -2.48. The van der Waals surface area contributed by atoms with Crippen LogP contribution in [0.5, 0.6) is 0 Å². The highest BCUT2D eigenvalue weighted by Crippen LogP contribution is 2.26. The highest BCUT2D eigenvalue weighted by atomic mass is 15.4. The first-order valence-corrected chi connectivity index (χ1v) is 11.2. The predicted molar refractivity (Wildman–Crippen MR) is 127 cm³/mol. The van der Waals surface area contributed by atoms with E-state index in [2.05, 4.69) is 69.2 Å². The molecule has 166 valence electrons. The molecule has 0 bridgehead atoms. The van der Waals surface area contributed by atoms with Crippen LogP contribution in [0.2, 0.25) is 0 Å². The molecule has 1 aliphatic rings. The van der Waals surface area contributed by atoms with Gasteiger partial charge in [0, 0.05) is 49.8 Å². The summed E-state index contributed by atoms with van der Waals surface area (Å²) in [6.45, 7) is 12.9. The molecule has 5 rings (SSSR count). The molecule has 4 heterocycles. The highest BCUT2D eigenvalue weighted by molar-refractivity contribution is 6.01. The van der Waals surface area contributed by atoms with Crippen LogP contribution in [0.1, 0.15) is 33.7 Å². The molecule has 0 spiro atoms. The van der Waals surface area contributed by atoms with Gasteiger partial charge in [-0.25, -0.2) is 19.6 Å². The summed E-state index contributed by atoms with van der Waals surface area (Å²) in [5, 5.41) is 12.8. The maximum absolute atomic E-state index is 4.77. The lowest BCUT2D eigenvalue weighted by molar-refractivity contribution is 0.209. The lowest BCUT2D eigenvalue weighted by atomic mass is 10.2. The van der Waals surface area contributed by atoms with Gasteiger partial charge in [-0.2, -0.15) is 0 Å². The number of piperazine rings is 1. The molecule has 0 atom stereocenters. The van der Waals surface area contributed by atoms with Gasteiger partial charge in [0.05, 0.1) is 11.9 Å². The summed E-state index contributed by atoms with van der Waals surface area (Å²) in [5.74, 6) is 1.23. The molecule has 4 aromatic rings. The molecule has 0 aliphatic carbocycles. The van der Waals surface area contributed by atoms with Crippen molar-refractivity contribution in [2.45, 2.75) is 39.8 Å². The number of nitrogens with one attached hydrogen (secondary N) is 1. The molecule has 1 fully saturated rings. The van der Waals surface area contributed by atoms with Crippen LogP contribution >= 0.6 is 0 Å². The third kappa shape index (κ3) is 3.84. The third-order valence-corrected chi connectivity index (χ3v) is 6.07. The zero-order valence-corrected chi connectivity index (χ0v) is 19.0. The zero-order chi connectivity index (χ0) is 22.2. The summed E-state index contributed by atoms with van der Waals surface area (Å²) in [6, 6.07) is 8.82. The summed E-state index contributed by atoms with van der Waals surface area (Å²) in [7, 11) is 0. The van der Waals surface area contributed by atoms with Crippen LogP contribution in [0, 0.1) is 0 Å². The van der Waals surface area contributed by atoms with E-state index in [-0.39, 0.29) is 6.04 Å². The minimum Gasteiger partial charge on any atom is -0.368 e. The van der Waals surface area contributed by atoms with E-state index >= 15 is 0 Å². The second-order valence-corrected chi connectivity index (χ2v) is 8.84. The van der Waals surface area contributed by atoms with Crippen LogP contribution < -0.4 is 10.2 Å². The molecule has 9 nitrogen and oxygen atoms in total. The van der Waals surface area contributed by atoms with E-state index < -0.39 is 0 Å². The molecule has 1 N–H and O–H groups in total. The number of pyridine rings is 1. The van der Waals surface area contributed by atoms with Crippen molar-refractivity contribution < 1.29 is 0 Å². The van der Waals surface area contributed by atoms with E-state index in [0.717, 1.165) is 59.6 Å². The number of fused-ring (bicyclic) bond motifs is 3. The van der Waals surface area contributed by atoms with E-state index in [1.165, 1.54) is 0 Å². The molecule has 32 heavy (non-hydrogen) atoms. The molecule has 0 saturated carbocycles. The largest absolute Gasteiger partial charge is 0.368 e. The Morgan fingerprint density at radius 2 is 1.69 bits per heavy atom. The minimum absolute atomic E-state index is 0.189. The SMILES string of the molecule is CC(C)N1CCN(c2ccc(Nc3ncc4ccc5nnn(C(C)C)c5c4n3)nc2)CC1. The number of hydrogen-bond donors (Lipinski definition) is 1. The Kier molecular flexibility index (Phi) is 5.34. The van der Waals surface area contributed by atoms with Gasteiger partial charge in [0.1, 0.15) is 22.4 Å². The van der Waals surface area contributed by atoms with Crippen LogP contribution in [0.4, 0.5) is 17.5 Å². The van der Waals surface area contributed by atoms with Gasteiger partial charge in [0.15, 0.2) is 0 Å². The summed E-state index contributed by atoms with van der Waals surface area (Å²) in [5.41, 5.74) is 3.73. The molecule has 0 amide bonds. The first kappa shape index (κ1) is 20.6. The minimum atomic E-state index is 0.189. The first-order chi connectivity index (χ1) is 15.5. The fourth-order valence-electron chi connectivity index (χ4n) is 4.20. The van der Waals surface area contributed by atoms with Crippen LogP contribution in [0.15, 0.2) is 36.7 Å². The van der Waals surface area contributed by atoms with Crippen molar-refractivity contribution >= 4 is 39.4 Å². The monoisotopic (exact) mass is 431 g/mol. The second kappa shape index (κ2) is 8.31. The molecule has 0 unspecified atom stereocenters. The van der Waals surface area contributed by atoms with Crippen molar-refractivity contribution in [1.29, 1.82) is 0 Å². The fourth-order valence-corrected chi connectivity index (χ4v) is 4.20. The van der Waals surface area contributed by atoms with Crippen LogP contribution in [0.25, 0.3) is 21.9 Å². The van der Waals surface area contributed by atoms with Gasteiger partial charge in [-0.15, -0.1) is 5.10 Å². The van der Waals surface area contributed by atoms with E-state index in [1.807, 2.05) is 35.3 Å². The Bertz CT molecular complexity index is 1220. The lowest BCUT2D eigenvalue weighted by Gasteiger charge is -2.38. The smallest absolute Gasteiger partial charge is 0.228 e. The van der Waals surface area contributed by atoms with Gasteiger partial charge < -0.3 is 10.2 Å². The highest BCUT2D eigenvalue weighted by Gasteiger charge is 2.19. The summed E-state index contributed by atoms with van der Waals surface area (Å²) in [6.07, 6.45) is 3.74.